The van der Waals surface area contributed by atoms with Gasteiger partial charge in [0.25, 0.3) is 0 Å². The van der Waals surface area contributed by atoms with Crippen LogP contribution in [-0.2, 0) is 0 Å². The summed E-state index contributed by atoms with van der Waals surface area (Å²) in [5.41, 5.74) is 6.48. The Morgan fingerprint density at radius 2 is 2.17 bits per heavy atom. The van der Waals surface area contributed by atoms with Crippen molar-refractivity contribution in [2.24, 2.45) is 5.73 Å². The molecule has 0 heterocycles. The molecule has 0 unspecified atom stereocenters. The summed E-state index contributed by atoms with van der Waals surface area (Å²) in [6.07, 6.45) is 4.00. The lowest BCUT2D eigenvalue weighted by Gasteiger charge is -2.34. The van der Waals surface area contributed by atoms with E-state index in [-0.39, 0.29) is 0 Å². The molecule has 1 aromatic rings. The van der Waals surface area contributed by atoms with E-state index in [0.717, 1.165) is 23.9 Å². The van der Waals surface area contributed by atoms with Crippen molar-refractivity contribution in [3.63, 3.8) is 0 Å². The van der Waals surface area contributed by atoms with E-state index in [9.17, 15) is 0 Å². The summed E-state index contributed by atoms with van der Waals surface area (Å²) in [7, 11) is 2.16. The van der Waals surface area contributed by atoms with Crippen molar-refractivity contribution in [3.05, 3.63) is 29.8 Å². The molecule has 1 saturated carbocycles. The first-order valence-corrected chi connectivity index (χ1v) is 6.81. The van der Waals surface area contributed by atoms with Gasteiger partial charge in [-0.2, -0.15) is 0 Å². The van der Waals surface area contributed by atoms with Crippen molar-refractivity contribution in [2.45, 2.75) is 25.3 Å². The highest BCUT2D eigenvalue weighted by Gasteiger charge is 2.21. The fourth-order valence-corrected chi connectivity index (χ4v) is 2.27. The smallest absolute Gasteiger partial charge is 0.129 e. The maximum Gasteiger partial charge on any atom is 0.129 e. The minimum Gasteiger partial charge on any atom is -0.492 e. The van der Waals surface area contributed by atoms with Crippen LogP contribution in [0.5, 0.6) is 5.75 Å². The van der Waals surface area contributed by atoms with E-state index < -0.39 is 0 Å². The Balaban J connectivity index is 1.84. The van der Waals surface area contributed by atoms with Crippen LogP contribution in [0.1, 0.15) is 24.8 Å². The Labute approximate surface area is 114 Å². The highest BCUT2D eigenvalue weighted by Crippen LogP contribution is 2.23. The van der Waals surface area contributed by atoms with Gasteiger partial charge >= 0.3 is 0 Å². The standard InChI is InChI=1S/C14H20N2OS/c1-16(11-5-4-6-11)9-10-17-13-8-3-2-7-12(13)14(15)18/h2-3,7-8,11H,4-6,9-10H2,1H3,(H2,15,18). The van der Waals surface area contributed by atoms with E-state index in [1.807, 2.05) is 24.3 Å². The van der Waals surface area contributed by atoms with Gasteiger partial charge in [0, 0.05) is 12.6 Å². The van der Waals surface area contributed by atoms with E-state index in [4.69, 9.17) is 22.7 Å². The predicted octanol–water partition coefficient (Wildman–Crippen LogP) is 2.18. The fraction of sp³-hybridized carbons (Fsp3) is 0.500. The zero-order valence-electron chi connectivity index (χ0n) is 10.8. The molecule has 0 spiro atoms. The Hall–Kier alpha value is -1.13. The van der Waals surface area contributed by atoms with Crippen molar-refractivity contribution >= 4 is 17.2 Å². The zero-order chi connectivity index (χ0) is 13.0. The van der Waals surface area contributed by atoms with Crippen molar-refractivity contribution in [1.29, 1.82) is 0 Å². The molecule has 0 bridgehead atoms. The molecule has 2 N–H and O–H groups in total. The third kappa shape index (κ3) is 3.21. The number of thiocarbonyl (C=S) groups is 1. The molecule has 2 rings (SSSR count). The summed E-state index contributed by atoms with van der Waals surface area (Å²) in [6.45, 7) is 1.61. The van der Waals surface area contributed by atoms with Crippen LogP contribution in [0.15, 0.2) is 24.3 Å². The number of nitrogens with zero attached hydrogens (tertiary/aromatic N) is 1. The zero-order valence-corrected chi connectivity index (χ0v) is 11.6. The summed E-state index contributed by atoms with van der Waals surface area (Å²) in [6, 6.07) is 8.42. The van der Waals surface area contributed by atoms with E-state index in [2.05, 4.69) is 11.9 Å². The molecule has 0 aromatic heterocycles. The second kappa shape index (κ2) is 6.16. The molecule has 0 aliphatic heterocycles. The first-order valence-electron chi connectivity index (χ1n) is 6.40. The number of hydrogen-bond acceptors (Lipinski definition) is 3. The quantitative estimate of drug-likeness (QED) is 0.799. The molecule has 0 amide bonds. The fourth-order valence-electron chi connectivity index (χ4n) is 2.11. The van der Waals surface area contributed by atoms with Gasteiger partial charge in [-0.1, -0.05) is 30.8 Å². The van der Waals surface area contributed by atoms with E-state index in [1.165, 1.54) is 19.3 Å². The highest BCUT2D eigenvalue weighted by molar-refractivity contribution is 7.80. The van der Waals surface area contributed by atoms with Gasteiger partial charge in [-0.05, 0) is 32.0 Å². The van der Waals surface area contributed by atoms with Gasteiger partial charge in [0.2, 0.25) is 0 Å². The van der Waals surface area contributed by atoms with Gasteiger partial charge in [0.15, 0.2) is 0 Å². The molecular formula is C14H20N2OS. The summed E-state index contributed by atoms with van der Waals surface area (Å²) in [4.78, 5) is 2.75. The Morgan fingerprint density at radius 1 is 1.44 bits per heavy atom. The minimum atomic E-state index is 0.387. The third-order valence-electron chi connectivity index (χ3n) is 3.55. The summed E-state index contributed by atoms with van der Waals surface area (Å²) in [5, 5.41) is 0. The largest absolute Gasteiger partial charge is 0.492 e. The SMILES string of the molecule is CN(CCOc1ccccc1C(N)=S)C1CCC1. The van der Waals surface area contributed by atoms with Crippen molar-refractivity contribution in [2.75, 3.05) is 20.2 Å². The molecule has 0 radical (unpaired) electrons. The molecule has 18 heavy (non-hydrogen) atoms. The van der Waals surface area contributed by atoms with Crippen LogP contribution in [0.25, 0.3) is 0 Å². The van der Waals surface area contributed by atoms with Crippen LogP contribution in [0.2, 0.25) is 0 Å². The van der Waals surface area contributed by atoms with Crippen molar-refractivity contribution in [3.8, 4) is 5.75 Å². The molecule has 1 fully saturated rings. The second-order valence-electron chi connectivity index (χ2n) is 4.77. The van der Waals surface area contributed by atoms with Crippen LogP contribution in [0.4, 0.5) is 0 Å². The number of hydrogen-bond donors (Lipinski definition) is 1. The maximum atomic E-state index is 5.78. The average Bonchev–Trinajstić information content (AvgIpc) is 2.27. The lowest BCUT2D eigenvalue weighted by molar-refractivity contribution is 0.135. The molecule has 3 nitrogen and oxygen atoms in total. The van der Waals surface area contributed by atoms with Crippen molar-refractivity contribution in [1.82, 2.24) is 4.90 Å². The number of likely N-dealkylation sites (N-methyl/N-ethyl adjacent to an activating group) is 1. The van der Waals surface area contributed by atoms with Gasteiger partial charge in [0.05, 0.1) is 5.56 Å². The third-order valence-corrected chi connectivity index (χ3v) is 3.77. The summed E-state index contributed by atoms with van der Waals surface area (Å²) in [5.74, 6) is 0.784. The van der Waals surface area contributed by atoms with Gasteiger partial charge in [-0.3, -0.25) is 0 Å². The van der Waals surface area contributed by atoms with Crippen molar-refractivity contribution < 1.29 is 4.74 Å². The topological polar surface area (TPSA) is 38.5 Å². The Morgan fingerprint density at radius 3 is 2.78 bits per heavy atom. The number of benzene rings is 1. The number of nitrogens with two attached hydrogens (primary N) is 1. The molecular weight excluding hydrogens is 244 g/mol. The van der Waals surface area contributed by atoms with Crippen LogP contribution in [-0.4, -0.2) is 36.1 Å². The lowest BCUT2D eigenvalue weighted by atomic mass is 9.92. The Kier molecular flexibility index (Phi) is 4.55. The molecule has 0 atom stereocenters. The first-order chi connectivity index (χ1) is 8.68. The molecule has 1 aliphatic carbocycles. The van der Waals surface area contributed by atoms with E-state index in [1.54, 1.807) is 0 Å². The lowest BCUT2D eigenvalue weighted by Crippen LogP contribution is -2.39. The van der Waals surface area contributed by atoms with Gasteiger partial charge in [-0.15, -0.1) is 0 Å². The monoisotopic (exact) mass is 264 g/mol. The number of para-hydroxylation sites is 1. The number of rotatable bonds is 6. The second-order valence-corrected chi connectivity index (χ2v) is 5.21. The molecule has 1 aromatic carbocycles. The normalized spacial score (nSPS) is 15.4. The van der Waals surface area contributed by atoms with Crippen LogP contribution >= 0.6 is 12.2 Å². The summed E-state index contributed by atoms with van der Waals surface area (Å²) < 4.78 is 5.78. The first kappa shape index (κ1) is 13.3. The van der Waals surface area contributed by atoms with Gasteiger partial charge in [0.1, 0.15) is 17.3 Å². The van der Waals surface area contributed by atoms with Gasteiger partial charge in [-0.25, -0.2) is 0 Å². The molecule has 1 aliphatic rings. The Bertz CT molecular complexity index is 418. The van der Waals surface area contributed by atoms with Crippen LogP contribution in [0.3, 0.4) is 0 Å². The van der Waals surface area contributed by atoms with E-state index in [0.29, 0.717) is 11.6 Å². The van der Waals surface area contributed by atoms with Crippen LogP contribution < -0.4 is 10.5 Å². The minimum absolute atomic E-state index is 0.387. The maximum absolute atomic E-state index is 5.78. The average molecular weight is 264 g/mol. The van der Waals surface area contributed by atoms with Crippen LogP contribution in [0, 0.1) is 0 Å². The molecule has 4 heteroatoms. The molecule has 0 saturated heterocycles. The molecule has 98 valence electrons. The highest BCUT2D eigenvalue weighted by atomic mass is 32.1. The summed E-state index contributed by atoms with van der Waals surface area (Å²) >= 11 is 5.01. The number of ether oxygens (including phenoxy) is 1. The van der Waals surface area contributed by atoms with Gasteiger partial charge < -0.3 is 15.4 Å². The van der Waals surface area contributed by atoms with E-state index >= 15 is 0 Å². The predicted molar refractivity (Wildman–Crippen MR) is 78.1 cm³/mol.